The van der Waals surface area contributed by atoms with E-state index in [1.165, 1.54) is 31.4 Å². The highest BCUT2D eigenvalue weighted by molar-refractivity contribution is 6.34. The van der Waals surface area contributed by atoms with Gasteiger partial charge in [-0.05, 0) is 43.2 Å². The van der Waals surface area contributed by atoms with Crippen LogP contribution in [0, 0.1) is 0 Å². The second-order valence-corrected chi connectivity index (χ2v) is 10.0. The molecule has 7 aromatic rings. The van der Waals surface area contributed by atoms with Gasteiger partial charge in [-0.2, -0.15) is 0 Å². The van der Waals surface area contributed by atoms with Crippen LogP contribution in [0.2, 0.25) is 0 Å². The van der Waals surface area contributed by atoms with Crippen molar-refractivity contribution in [1.29, 1.82) is 0 Å². The lowest BCUT2D eigenvalue weighted by Gasteiger charge is -2.24. The van der Waals surface area contributed by atoms with Crippen molar-refractivity contribution in [3.8, 4) is 11.5 Å². The fourth-order valence-electron chi connectivity index (χ4n) is 5.60. The Morgan fingerprint density at radius 2 is 1.61 bits per heavy atom. The van der Waals surface area contributed by atoms with E-state index in [9.17, 15) is 0 Å². The molecule has 0 fully saturated rings. The summed E-state index contributed by atoms with van der Waals surface area (Å²) in [7, 11) is 0. The number of unbranched alkanes of at least 4 members (excludes halogenated alkanes) is 2. The highest BCUT2D eigenvalue weighted by Gasteiger charge is 2.24. The van der Waals surface area contributed by atoms with Gasteiger partial charge >= 0.3 is 0 Å². The van der Waals surface area contributed by atoms with Crippen LogP contribution in [0.1, 0.15) is 39.5 Å². The van der Waals surface area contributed by atoms with E-state index in [0.29, 0.717) is 11.5 Å². The normalized spacial score (nSPS) is 12.1. The maximum atomic E-state index is 6.65. The van der Waals surface area contributed by atoms with Crippen molar-refractivity contribution >= 4 is 60.5 Å². The Morgan fingerprint density at radius 3 is 2.39 bits per heavy atom. The number of pyridine rings is 1. The Hall–Kier alpha value is -4.32. The number of nitrogens with zero attached hydrogens (tertiary/aromatic N) is 3. The number of nitrogens with one attached hydrogen (secondary N) is 1. The van der Waals surface area contributed by atoms with Gasteiger partial charge in [0, 0.05) is 69.9 Å². The zero-order valence-electron chi connectivity index (χ0n) is 21.8. The van der Waals surface area contributed by atoms with Crippen molar-refractivity contribution in [2.75, 3.05) is 18.0 Å². The molecular weight excluding hydrogens is 472 g/mol. The first-order valence-corrected chi connectivity index (χ1v) is 13.6. The lowest BCUT2D eigenvalue weighted by atomic mass is 10.0. The number of fused-ring (bicyclic) bond motifs is 10. The number of aromatic nitrogens is 3. The lowest BCUT2D eigenvalue weighted by molar-refractivity contribution is 0.603. The lowest BCUT2D eigenvalue weighted by Crippen LogP contribution is -2.25. The van der Waals surface area contributed by atoms with Crippen molar-refractivity contribution < 1.29 is 8.83 Å². The molecule has 1 N–H and O–H groups in total. The molecule has 0 unspecified atom stereocenters. The number of hydrogen-bond donors (Lipinski definition) is 1. The molecule has 7 rings (SSSR count). The molecule has 0 saturated heterocycles. The molecule has 0 bridgehead atoms. The summed E-state index contributed by atoms with van der Waals surface area (Å²) in [6.07, 6.45) is 8.21. The van der Waals surface area contributed by atoms with Crippen LogP contribution >= 0.6 is 0 Å². The third-order valence-corrected chi connectivity index (χ3v) is 7.56. The molecule has 0 aliphatic rings. The average Bonchev–Trinajstić information content (AvgIpc) is 3.66. The van der Waals surface area contributed by atoms with Gasteiger partial charge in [0.05, 0.1) is 5.52 Å². The molecular formula is C32H30N4O2. The topological polar surface area (TPSA) is 71.1 Å². The standard InChI is InChI=1S/C32H30N4O2/c1-3-5-17-36(18-6-4-2)21-11-12-23-25(19-21)37-30-27(23)26-22-9-7-8-10-24(22)34-28(26)29-31(30)38-32(35-29)20-13-15-33-16-14-20/h7-16,19,34H,3-6,17-18H2,1-2H3. The number of oxazole rings is 1. The molecule has 0 aliphatic heterocycles. The molecule has 38 heavy (non-hydrogen) atoms. The van der Waals surface area contributed by atoms with E-state index in [-0.39, 0.29) is 0 Å². The third kappa shape index (κ3) is 3.55. The van der Waals surface area contributed by atoms with Crippen molar-refractivity contribution in [2.24, 2.45) is 0 Å². The van der Waals surface area contributed by atoms with Crippen molar-refractivity contribution in [1.82, 2.24) is 15.0 Å². The fourth-order valence-corrected chi connectivity index (χ4v) is 5.60. The molecule has 0 aliphatic carbocycles. The SMILES string of the molecule is CCCCN(CCCC)c1ccc2c(c1)oc1c3oc(-c4ccncc4)nc3c3[nH]c4ccccc4c3c21. The molecule has 0 atom stereocenters. The number of para-hydroxylation sites is 1. The van der Waals surface area contributed by atoms with Gasteiger partial charge in [0.2, 0.25) is 11.5 Å². The first kappa shape index (κ1) is 22.8. The summed E-state index contributed by atoms with van der Waals surface area (Å²) in [5.74, 6) is 0.557. The number of rotatable bonds is 8. The van der Waals surface area contributed by atoms with Crippen LogP contribution in [0.25, 0.3) is 66.3 Å². The summed E-state index contributed by atoms with van der Waals surface area (Å²) in [5.41, 5.74) is 7.19. The van der Waals surface area contributed by atoms with Gasteiger partial charge < -0.3 is 18.7 Å². The van der Waals surface area contributed by atoms with Gasteiger partial charge in [0.15, 0.2) is 5.58 Å². The minimum atomic E-state index is 0.557. The predicted octanol–water partition coefficient (Wildman–Crippen LogP) is 8.83. The molecule has 0 amide bonds. The molecule has 0 spiro atoms. The molecule has 4 aromatic heterocycles. The summed E-state index contributed by atoms with van der Waals surface area (Å²) in [5, 5.41) is 4.44. The predicted molar refractivity (Wildman–Crippen MR) is 156 cm³/mol. The van der Waals surface area contributed by atoms with Crippen LogP contribution in [0.15, 0.2) is 75.8 Å². The summed E-state index contributed by atoms with van der Waals surface area (Å²) in [6, 6.07) is 18.9. The summed E-state index contributed by atoms with van der Waals surface area (Å²) < 4.78 is 13.1. The number of aromatic amines is 1. The van der Waals surface area contributed by atoms with E-state index >= 15 is 0 Å². The number of anilines is 1. The number of hydrogen-bond acceptors (Lipinski definition) is 5. The number of furan rings is 1. The van der Waals surface area contributed by atoms with E-state index < -0.39 is 0 Å². The van der Waals surface area contributed by atoms with Gasteiger partial charge in [-0.25, -0.2) is 4.98 Å². The van der Waals surface area contributed by atoms with Gasteiger partial charge in [-0.3, -0.25) is 4.98 Å². The van der Waals surface area contributed by atoms with Crippen LogP contribution in [0.4, 0.5) is 5.69 Å². The van der Waals surface area contributed by atoms with Crippen LogP contribution in [0.3, 0.4) is 0 Å². The molecule has 190 valence electrons. The quantitative estimate of drug-likeness (QED) is 0.225. The van der Waals surface area contributed by atoms with E-state index in [1.54, 1.807) is 12.4 Å². The maximum Gasteiger partial charge on any atom is 0.227 e. The Balaban J connectivity index is 1.53. The minimum Gasteiger partial charge on any atom is -0.452 e. The molecule has 3 aromatic carbocycles. The monoisotopic (exact) mass is 502 g/mol. The summed E-state index contributed by atoms with van der Waals surface area (Å²) in [4.78, 5) is 15.2. The molecule has 4 heterocycles. The van der Waals surface area contributed by atoms with E-state index in [1.807, 2.05) is 12.1 Å². The van der Waals surface area contributed by atoms with Crippen molar-refractivity contribution in [3.63, 3.8) is 0 Å². The second-order valence-electron chi connectivity index (χ2n) is 10.0. The molecule has 0 saturated carbocycles. The number of H-pyrrole nitrogens is 1. The van der Waals surface area contributed by atoms with Crippen LogP contribution in [-0.2, 0) is 0 Å². The fraction of sp³-hybridized carbons (Fsp3) is 0.250. The van der Waals surface area contributed by atoms with Gasteiger partial charge in [-0.15, -0.1) is 0 Å². The highest BCUT2D eigenvalue weighted by Crippen LogP contribution is 2.45. The second kappa shape index (κ2) is 9.21. The van der Waals surface area contributed by atoms with E-state index in [0.717, 1.165) is 67.9 Å². The first-order valence-electron chi connectivity index (χ1n) is 13.6. The molecule has 6 heteroatoms. The minimum absolute atomic E-state index is 0.557. The van der Waals surface area contributed by atoms with Crippen LogP contribution in [0.5, 0.6) is 0 Å². The Bertz CT molecular complexity index is 1900. The Labute approximate surface area is 220 Å². The third-order valence-electron chi connectivity index (χ3n) is 7.56. The number of benzene rings is 3. The molecule has 0 radical (unpaired) electrons. The zero-order valence-corrected chi connectivity index (χ0v) is 21.8. The van der Waals surface area contributed by atoms with Crippen molar-refractivity contribution in [3.05, 3.63) is 67.0 Å². The van der Waals surface area contributed by atoms with Gasteiger partial charge in [0.25, 0.3) is 0 Å². The largest absolute Gasteiger partial charge is 0.452 e. The summed E-state index contributed by atoms with van der Waals surface area (Å²) >= 11 is 0. The van der Waals surface area contributed by atoms with Crippen LogP contribution in [-0.4, -0.2) is 28.0 Å². The Morgan fingerprint density at radius 1 is 0.816 bits per heavy atom. The van der Waals surface area contributed by atoms with Crippen LogP contribution < -0.4 is 4.90 Å². The average molecular weight is 503 g/mol. The smallest absolute Gasteiger partial charge is 0.227 e. The van der Waals surface area contributed by atoms with Crippen molar-refractivity contribution in [2.45, 2.75) is 39.5 Å². The first-order chi connectivity index (χ1) is 18.8. The van der Waals surface area contributed by atoms with Gasteiger partial charge in [-0.1, -0.05) is 44.9 Å². The molecule has 6 nitrogen and oxygen atoms in total. The zero-order chi connectivity index (χ0) is 25.6. The maximum absolute atomic E-state index is 6.65. The van der Waals surface area contributed by atoms with Gasteiger partial charge in [0.1, 0.15) is 11.1 Å². The highest BCUT2D eigenvalue weighted by atomic mass is 16.4. The Kier molecular flexibility index (Phi) is 5.54. The van der Waals surface area contributed by atoms with E-state index in [4.69, 9.17) is 13.8 Å². The van der Waals surface area contributed by atoms with E-state index in [2.05, 4.69) is 71.2 Å². The summed E-state index contributed by atoms with van der Waals surface area (Å²) in [6.45, 7) is 6.60.